The smallest absolute Gasteiger partial charge is 0.319 e. The quantitative estimate of drug-likeness (QED) is 0.861. The van der Waals surface area contributed by atoms with Crippen LogP contribution in [0, 0.1) is 0 Å². The van der Waals surface area contributed by atoms with Crippen LogP contribution in [0.3, 0.4) is 0 Å². The molecule has 0 bridgehead atoms. The van der Waals surface area contributed by atoms with Crippen LogP contribution in [0.15, 0.2) is 54.7 Å². The van der Waals surface area contributed by atoms with Crippen LogP contribution in [0.1, 0.15) is 11.1 Å². The van der Waals surface area contributed by atoms with Crippen molar-refractivity contribution in [1.82, 2.24) is 10.6 Å². The Labute approximate surface area is 135 Å². The van der Waals surface area contributed by atoms with E-state index in [1.807, 2.05) is 48.5 Å². The molecule has 0 atom stereocenters. The Balaban J connectivity index is 1.81. The van der Waals surface area contributed by atoms with Gasteiger partial charge in [0, 0.05) is 18.3 Å². The number of urea groups is 1. The molecule has 0 aliphatic carbocycles. The number of rotatable bonds is 6. The van der Waals surface area contributed by atoms with Gasteiger partial charge in [-0.05, 0) is 29.8 Å². The predicted molar refractivity (Wildman–Crippen MR) is 90.4 cm³/mol. The van der Waals surface area contributed by atoms with Gasteiger partial charge in [-0.3, -0.25) is 0 Å². The van der Waals surface area contributed by atoms with Crippen LogP contribution in [0.25, 0.3) is 6.08 Å². The Bertz CT molecular complexity index is 666. The minimum absolute atomic E-state index is 0.271. The van der Waals surface area contributed by atoms with Crippen LogP contribution in [0.4, 0.5) is 4.79 Å². The fourth-order valence-corrected chi connectivity index (χ4v) is 1.99. The van der Waals surface area contributed by atoms with Crippen molar-refractivity contribution in [3.05, 3.63) is 65.9 Å². The molecule has 0 fully saturated rings. The van der Waals surface area contributed by atoms with Gasteiger partial charge in [0.15, 0.2) is 0 Å². The molecule has 0 spiro atoms. The third-order valence-electron chi connectivity index (χ3n) is 3.23. The predicted octanol–water partition coefficient (Wildman–Crippen LogP) is 3.17. The van der Waals surface area contributed by atoms with Crippen molar-refractivity contribution in [1.29, 1.82) is 0 Å². The highest BCUT2D eigenvalue weighted by molar-refractivity contribution is 5.76. The molecule has 5 nitrogen and oxygen atoms in total. The third kappa shape index (κ3) is 5.07. The number of carbonyl (C=O) groups is 1. The number of nitrogens with one attached hydrogen (secondary N) is 2. The highest BCUT2D eigenvalue weighted by atomic mass is 16.5. The molecule has 23 heavy (non-hydrogen) atoms. The molecular formula is C18H20N2O3. The average Bonchev–Trinajstić information content (AvgIpc) is 2.61. The van der Waals surface area contributed by atoms with E-state index in [0.29, 0.717) is 6.54 Å². The first-order chi connectivity index (χ1) is 11.2. The summed E-state index contributed by atoms with van der Waals surface area (Å²) < 4.78 is 10.3. The highest BCUT2D eigenvalue weighted by Crippen LogP contribution is 2.18. The Morgan fingerprint density at radius 3 is 2.48 bits per heavy atom. The molecule has 2 rings (SSSR count). The fourth-order valence-electron chi connectivity index (χ4n) is 1.99. The number of methoxy groups -OCH3 is 2. The normalized spacial score (nSPS) is 10.3. The number of hydrogen-bond acceptors (Lipinski definition) is 3. The molecule has 0 aromatic heterocycles. The molecule has 0 radical (unpaired) electrons. The summed E-state index contributed by atoms with van der Waals surface area (Å²) in [4.78, 5) is 11.8. The van der Waals surface area contributed by atoms with Gasteiger partial charge in [0.1, 0.15) is 11.5 Å². The largest absolute Gasteiger partial charge is 0.497 e. The van der Waals surface area contributed by atoms with Gasteiger partial charge in [-0.15, -0.1) is 0 Å². The molecule has 5 heteroatoms. The maximum absolute atomic E-state index is 11.8. The van der Waals surface area contributed by atoms with E-state index in [1.165, 1.54) is 0 Å². The number of para-hydroxylation sites is 1. The van der Waals surface area contributed by atoms with Gasteiger partial charge in [0.05, 0.1) is 14.2 Å². The van der Waals surface area contributed by atoms with E-state index in [9.17, 15) is 4.79 Å². The van der Waals surface area contributed by atoms with E-state index in [4.69, 9.17) is 9.47 Å². The van der Waals surface area contributed by atoms with Crippen LogP contribution in [-0.2, 0) is 6.54 Å². The molecular weight excluding hydrogens is 292 g/mol. The van der Waals surface area contributed by atoms with Crippen molar-refractivity contribution < 1.29 is 14.3 Å². The zero-order valence-corrected chi connectivity index (χ0v) is 13.2. The van der Waals surface area contributed by atoms with Crippen molar-refractivity contribution in [3.8, 4) is 11.5 Å². The first-order valence-corrected chi connectivity index (χ1v) is 7.20. The summed E-state index contributed by atoms with van der Waals surface area (Å²) in [5.41, 5.74) is 1.89. The van der Waals surface area contributed by atoms with E-state index >= 15 is 0 Å². The fraction of sp³-hybridized carbons (Fsp3) is 0.167. The first-order valence-electron chi connectivity index (χ1n) is 7.20. The molecule has 0 aliphatic rings. The topological polar surface area (TPSA) is 59.6 Å². The Kier molecular flexibility index (Phi) is 6.06. The van der Waals surface area contributed by atoms with Gasteiger partial charge in [0.25, 0.3) is 0 Å². The first kappa shape index (κ1) is 16.4. The van der Waals surface area contributed by atoms with Gasteiger partial charge < -0.3 is 20.1 Å². The summed E-state index contributed by atoms with van der Waals surface area (Å²) in [5, 5.41) is 5.44. The second-order valence-corrected chi connectivity index (χ2v) is 4.75. The lowest BCUT2D eigenvalue weighted by Crippen LogP contribution is -2.31. The van der Waals surface area contributed by atoms with Gasteiger partial charge in [0.2, 0.25) is 0 Å². The van der Waals surface area contributed by atoms with Crippen molar-refractivity contribution in [2.24, 2.45) is 0 Å². The van der Waals surface area contributed by atoms with E-state index in [-0.39, 0.29) is 6.03 Å². The van der Waals surface area contributed by atoms with Gasteiger partial charge >= 0.3 is 6.03 Å². The zero-order chi connectivity index (χ0) is 16.5. The van der Waals surface area contributed by atoms with Gasteiger partial charge in [-0.2, -0.15) is 0 Å². The maximum Gasteiger partial charge on any atom is 0.319 e. The number of ether oxygens (including phenoxy) is 2. The van der Waals surface area contributed by atoms with E-state index in [2.05, 4.69) is 10.6 Å². The number of carbonyl (C=O) groups excluding carboxylic acids is 1. The Hall–Kier alpha value is -2.95. The van der Waals surface area contributed by atoms with Crippen LogP contribution in [-0.4, -0.2) is 20.3 Å². The molecule has 2 amide bonds. The molecule has 120 valence electrons. The monoisotopic (exact) mass is 312 g/mol. The number of benzene rings is 2. The standard InChI is InChI=1S/C18H20N2O3/c1-22-16-9-7-14(8-10-16)13-20-18(21)19-12-11-15-5-3-4-6-17(15)23-2/h3-12H,13H2,1-2H3,(H2,19,20,21)/b12-11+. The summed E-state index contributed by atoms with van der Waals surface area (Å²) in [5.74, 6) is 1.54. The summed E-state index contributed by atoms with van der Waals surface area (Å²) >= 11 is 0. The summed E-state index contributed by atoms with van der Waals surface area (Å²) in [6.45, 7) is 0.443. The van der Waals surface area contributed by atoms with Crippen LogP contribution in [0.5, 0.6) is 11.5 Å². The van der Waals surface area contributed by atoms with Crippen molar-refractivity contribution in [2.45, 2.75) is 6.54 Å². The Morgan fingerprint density at radius 2 is 1.78 bits per heavy atom. The molecule has 2 aromatic carbocycles. The highest BCUT2D eigenvalue weighted by Gasteiger charge is 2.00. The SMILES string of the molecule is COc1ccc(CNC(=O)N/C=C/c2ccccc2OC)cc1. The molecule has 2 N–H and O–H groups in total. The maximum atomic E-state index is 11.8. The van der Waals surface area contributed by atoms with E-state index < -0.39 is 0 Å². The van der Waals surface area contributed by atoms with Gasteiger partial charge in [-0.25, -0.2) is 4.79 Å². The van der Waals surface area contributed by atoms with Crippen molar-refractivity contribution >= 4 is 12.1 Å². The molecule has 0 saturated heterocycles. The van der Waals surface area contributed by atoms with Crippen molar-refractivity contribution in [3.63, 3.8) is 0 Å². The molecule has 0 aliphatic heterocycles. The van der Waals surface area contributed by atoms with Gasteiger partial charge in [-0.1, -0.05) is 30.3 Å². The Morgan fingerprint density at radius 1 is 1.04 bits per heavy atom. The lowest BCUT2D eigenvalue weighted by Gasteiger charge is -2.06. The molecule has 0 heterocycles. The summed E-state index contributed by atoms with van der Waals surface area (Å²) in [7, 11) is 3.23. The van der Waals surface area contributed by atoms with E-state index in [1.54, 1.807) is 26.5 Å². The average molecular weight is 312 g/mol. The van der Waals surface area contributed by atoms with Crippen LogP contribution < -0.4 is 20.1 Å². The van der Waals surface area contributed by atoms with Crippen LogP contribution >= 0.6 is 0 Å². The summed E-state index contributed by atoms with van der Waals surface area (Å²) in [6.07, 6.45) is 3.37. The van der Waals surface area contributed by atoms with E-state index in [0.717, 1.165) is 22.6 Å². The lowest BCUT2D eigenvalue weighted by molar-refractivity contribution is 0.244. The minimum Gasteiger partial charge on any atom is -0.497 e. The molecule has 0 unspecified atom stereocenters. The summed E-state index contributed by atoms with van der Waals surface area (Å²) in [6, 6.07) is 14.8. The number of hydrogen-bond donors (Lipinski definition) is 2. The molecule has 0 saturated carbocycles. The van der Waals surface area contributed by atoms with Crippen molar-refractivity contribution in [2.75, 3.05) is 14.2 Å². The second-order valence-electron chi connectivity index (χ2n) is 4.75. The zero-order valence-electron chi connectivity index (χ0n) is 13.2. The number of amides is 2. The van der Waals surface area contributed by atoms with Crippen LogP contribution in [0.2, 0.25) is 0 Å². The third-order valence-corrected chi connectivity index (χ3v) is 3.23. The second kappa shape index (κ2) is 8.48. The molecule has 2 aromatic rings. The minimum atomic E-state index is -0.271. The lowest BCUT2D eigenvalue weighted by atomic mass is 10.2.